The molecule has 1 aliphatic heterocycles. The third kappa shape index (κ3) is 4.39. The largest absolute Gasteiger partial charge is 0.378 e. The Morgan fingerprint density at radius 3 is 3.00 bits per heavy atom. The summed E-state index contributed by atoms with van der Waals surface area (Å²) in [4.78, 5) is 8.46. The van der Waals surface area contributed by atoms with Crippen LogP contribution in [0.5, 0.6) is 0 Å². The molecule has 21 heavy (non-hydrogen) atoms. The van der Waals surface area contributed by atoms with Gasteiger partial charge in [-0.1, -0.05) is 6.92 Å². The van der Waals surface area contributed by atoms with Gasteiger partial charge in [-0.2, -0.15) is 0 Å². The van der Waals surface area contributed by atoms with Crippen molar-refractivity contribution in [2.75, 3.05) is 31.7 Å². The highest BCUT2D eigenvalue weighted by Gasteiger charge is 2.26. The van der Waals surface area contributed by atoms with Crippen LogP contribution in [0, 0.1) is 0 Å². The Morgan fingerprint density at radius 2 is 2.29 bits per heavy atom. The number of aromatic nitrogens is 1. The topological polar surface area (TPSA) is 46.6 Å². The van der Waals surface area contributed by atoms with Crippen LogP contribution in [-0.4, -0.2) is 43.9 Å². The maximum absolute atomic E-state index is 5.70. The van der Waals surface area contributed by atoms with Gasteiger partial charge < -0.3 is 19.7 Å². The van der Waals surface area contributed by atoms with E-state index in [4.69, 9.17) is 14.5 Å². The number of hydrogen-bond acceptors (Lipinski definition) is 6. The second-order valence-electron chi connectivity index (χ2n) is 5.62. The van der Waals surface area contributed by atoms with Crippen LogP contribution in [0.25, 0.3) is 0 Å². The number of hydrogen-bond donors (Lipinski definition) is 1. The molecule has 0 bridgehead atoms. The molecule has 2 heterocycles. The number of anilines is 1. The average Bonchev–Trinajstić information content (AvgIpc) is 2.85. The van der Waals surface area contributed by atoms with Crippen LogP contribution in [0.3, 0.4) is 0 Å². The van der Waals surface area contributed by atoms with E-state index in [2.05, 4.69) is 31.0 Å². The van der Waals surface area contributed by atoms with E-state index in [0.29, 0.717) is 12.6 Å². The predicted octanol–water partition coefficient (Wildman–Crippen LogP) is 2.40. The lowest BCUT2D eigenvalue weighted by Gasteiger charge is -2.36. The van der Waals surface area contributed by atoms with Crippen molar-refractivity contribution in [1.82, 2.24) is 10.3 Å². The molecule has 0 aromatic carbocycles. The third-order valence-corrected chi connectivity index (χ3v) is 4.75. The first kappa shape index (κ1) is 16.7. The molecule has 1 N–H and O–H groups in total. The summed E-state index contributed by atoms with van der Waals surface area (Å²) in [6.45, 7) is 10.6. The first-order chi connectivity index (χ1) is 10.2. The van der Waals surface area contributed by atoms with E-state index in [1.165, 1.54) is 4.88 Å². The second kappa shape index (κ2) is 8.08. The number of rotatable bonds is 7. The molecule has 0 aliphatic carbocycles. The van der Waals surface area contributed by atoms with Crippen LogP contribution in [-0.2, 0) is 22.6 Å². The van der Waals surface area contributed by atoms with Crippen molar-refractivity contribution < 1.29 is 9.47 Å². The molecule has 0 radical (unpaired) electrons. The van der Waals surface area contributed by atoms with Crippen LogP contribution >= 0.6 is 11.3 Å². The third-order valence-electron chi connectivity index (χ3n) is 3.61. The minimum absolute atomic E-state index is 0.262. The van der Waals surface area contributed by atoms with Crippen molar-refractivity contribution in [3.8, 4) is 0 Å². The van der Waals surface area contributed by atoms with Gasteiger partial charge in [0.15, 0.2) is 5.13 Å². The van der Waals surface area contributed by atoms with Gasteiger partial charge in [0, 0.05) is 25.1 Å². The van der Waals surface area contributed by atoms with Crippen LogP contribution in [0.1, 0.15) is 37.8 Å². The van der Waals surface area contributed by atoms with E-state index in [1.54, 1.807) is 18.4 Å². The van der Waals surface area contributed by atoms with Crippen molar-refractivity contribution in [3.05, 3.63) is 10.6 Å². The lowest BCUT2D eigenvalue weighted by molar-refractivity contribution is 0.0343. The van der Waals surface area contributed by atoms with Crippen LogP contribution in [0.2, 0.25) is 0 Å². The van der Waals surface area contributed by atoms with Gasteiger partial charge in [-0.15, -0.1) is 11.3 Å². The summed E-state index contributed by atoms with van der Waals surface area (Å²) < 4.78 is 11.0. The molecule has 1 aromatic rings. The van der Waals surface area contributed by atoms with Crippen LogP contribution < -0.4 is 10.2 Å². The van der Waals surface area contributed by atoms with Gasteiger partial charge in [0.25, 0.3) is 0 Å². The summed E-state index contributed by atoms with van der Waals surface area (Å²) in [5.74, 6) is 0. The summed E-state index contributed by atoms with van der Waals surface area (Å²) >= 11 is 1.78. The van der Waals surface area contributed by atoms with Crippen molar-refractivity contribution in [2.24, 2.45) is 0 Å². The molecule has 2 unspecified atom stereocenters. The molecule has 6 heteroatoms. The van der Waals surface area contributed by atoms with E-state index >= 15 is 0 Å². The smallest absolute Gasteiger partial charge is 0.186 e. The molecule has 1 saturated heterocycles. The Kier molecular flexibility index (Phi) is 6.41. The minimum atomic E-state index is 0.262. The predicted molar refractivity (Wildman–Crippen MR) is 87.0 cm³/mol. The number of thiazole rings is 1. The maximum atomic E-state index is 5.70. The first-order valence-corrected chi connectivity index (χ1v) is 8.53. The maximum Gasteiger partial charge on any atom is 0.186 e. The fraction of sp³-hybridized carbons (Fsp3) is 0.800. The first-order valence-electron chi connectivity index (χ1n) is 7.72. The molecule has 0 amide bonds. The highest BCUT2D eigenvalue weighted by Crippen LogP contribution is 2.30. The van der Waals surface area contributed by atoms with E-state index in [9.17, 15) is 0 Å². The molecule has 120 valence electrons. The summed E-state index contributed by atoms with van der Waals surface area (Å²) in [5.41, 5.74) is 1.06. The van der Waals surface area contributed by atoms with Gasteiger partial charge >= 0.3 is 0 Å². The average molecular weight is 313 g/mol. The zero-order valence-electron chi connectivity index (χ0n) is 13.5. The van der Waals surface area contributed by atoms with Gasteiger partial charge in [-0.3, -0.25) is 0 Å². The van der Waals surface area contributed by atoms with Gasteiger partial charge in [-0.05, 0) is 26.8 Å². The van der Waals surface area contributed by atoms with E-state index in [-0.39, 0.29) is 6.10 Å². The summed E-state index contributed by atoms with van der Waals surface area (Å²) in [6, 6.07) is 0.374. The summed E-state index contributed by atoms with van der Waals surface area (Å²) in [7, 11) is 1.72. The number of nitrogens with zero attached hydrogens (tertiary/aromatic N) is 2. The Morgan fingerprint density at radius 1 is 1.48 bits per heavy atom. The van der Waals surface area contributed by atoms with Gasteiger partial charge in [0.1, 0.15) is 0 Å². The molecular weight excluding hydrogens is 286 g/mol. The summed E-state index contributed by atoms with van der Waals surface area (Å²) in [6.07, 6.45) is 1.40. The number of ether oxygens (including phenoxy) is 2. The van der Waals surface area contributed by atoms with Crippen molar-refractivity contribution >= 4 is 16.5 Å². The molecule has 2 rings (SSSR count). The molecular formula is C15H27N3O2S. The zero-order chi connectivity index (χ0) is 15.2. The molecule has 1 aliphatic rings. The zero-order valence-corrected chi connectivity index (χ0v) is 14.3. The lowest BCUT2D eigenvalue weighted by Crippen LogP contribution is -2.47. The Hall–Kier alpha value is -0.690. The SMILES string of the molecule is CCCNCc1sc(N2CC(C)OCC2C)nc1COC. The van der Waals surface area contributed by atoms with Crippen LogP contribution in [0.4, 0.5) is 5.13 Å². The fourth-order valence-electron chi connectivity index (χ4n) is 2.43. The van der Waals surface area contributed by atoms with E-state index in [0.717, 1.165) is 43.5 Å². The van der Waals surface area contributed by atoms with Gasteiger partial charge in [-0.25, -0.2) is 4.98 Å². The highest BCUT2D eigenvalue weighted by molar-refractivity contribution is 7.15. The molecule has 1 aromatic heterocycles. The number of methoxy groups -OCH3 is 1. The number of nitrogens with one attached hydrogen (secondary N) is 1. The molecule has 0 spiro atoms. The Labute approximate surface area is 131 Å². The van der Waals surface area contributed by atoms with E-state index < -0.39 is 0 Å². The monoisotopic (exact) mass is 313 g/mol. The molecule has 0 saturated carbocycles. The van der Waals surface area contributed by atoms with Crippen LogP contribution in [0.15, 0.2) is 0 Å². The van der Waals surface area contributed by atoms with Gasteiger partial charge in [0.05, 0.1) is 31.1 Å². The lowest BCUT2D eigenvalue weighted by atomic mass is 10.2. The Bertz CT molecular complexity index is 439. The molecule has 2 atom stereocenters. The number of morpholine rings is 1. The van der Waals surface area contributed by atoms with Crippen molar-refractivity contribution in [2.45, 2.75) is 52.5 Å². The van der Waals surface area contributed by atoms with E-state index in [1.807, 2.05) is 0 Å². The quantitative estimate of drug-likeness (QED) is 0.783. The standard InChI is InChI=1S/C15H27N3O2S/c1-5-6-16-7-14-13(10-19-4)17-15(21-14)18-8-12(3)20-9-11(18)2/h11-12,16H,5-10H2,1-4H3. The summed E-state index contributed by atoms with van der Waals surface area (Å²) in [5, 5.41) is 4.55. The normalized spacial score (nSPS) is 22.8. The van der Waals surface area contributed by atoms with Crippen molar-refractivity contribution in [3.63, 3.8) is 0 Å². The fourth-order valence-corrected chi connectivity index (χ4v) is 3.57. The Balaban J connectivity index is 2.13. The van der Waals surface area contributed by atoms with Crippen molar-refractivity contribution in [1.29, 1.82) is 0 Å². The highest BCUT2D eigenvalue weighted by atomic mass is 32.1. The van der Waals surface area contributed by atoms with Gasteiger partial charge in [0.2, 0.25) is 0 Å². The molecule has 1 fully saturated rings. The molecule has 5 nitrogen and oxygen atoms in total. The second-order valence-corrected chi connectivity index (χ2v) is 6.68. The minimum Gasteiger partial charge on any atom is -0.378 e.